The van der Waals surface area contributed by atoms with Gasteiger partial charge < -0.3 is 44.6 Å². The van der Waals surface area contributed by atoms with Crippen LogP contribution in [-0.2, 0) is 37.4 Å². The van der Waals surface area contributed by atoms with Crippen LogP contribution < -0.4 is 0 Å². The van der Waals surface area contributed by atoms with Gasteiger partial charge >= 0.3 is 19.8 Å². The molecule has 0 bridgehead atoms. The van der Waals surface area contributed by atoms with Gasteiger partial charge in [-0.25, -0.2) is 4.57 Å². The number of allylic oxidation sites excluding steroid dienone is 7. The molecule has 14 nitrogen and oxygen atoms in total. The largest absolute Gasteiger partial charge is 0.472 e. The Labute approximate surface area is 358 Å². The number of aliphatic hydroxyl groups excluding tert-OH is 5. The van der Waals surface area contributed by atoms with Crippen molar-refractivity contribution in [2.45, 2.75) is 210 Å². The van der Waals surface area contributed by atoms with Crippen LogP contribution in [0.4, 0.5) is 0 Å². The first-order chi connectivity index (χ1) is 28.9. The highest BCUT2D eigenvalue weighted by molar-refractivity contribution is 7.47. The number of phosphoric ester groups is 1. The van der Waals surface area contributed by atoms with Crippen LogP contribution in [0.3, 0.4) is 0 Å². The van der Waals surface area contributed by atoms with E-state index in [0.717, 1.165) is 77.0 Å². The number of hydrogen-bond acceptors (Lipinski definition) is 13. The maximum Gasteiger partial charge on any atom is 0.472 e. The Morgan fingerprint density at radius 3 is 1.75 bits per heavy atom. The SMILES string of the molecule is CCCCC/C=C\C/C=C\C/C=C\CCCCC(=O)O[C@H](COC(=O)CCCCCCC/C=C\CC1OC1CCCCC)COP(=O)(O)OC1[C@H](O)[C@H](O)C(O)[C@H](O)[C@H]1O. The van der Waals surface area contributed by atoms with Crippen LogP contribution >= 0.6 is 7.82 Å². The quantitative estimate of drug-likeness (QED) is 0.0120. The number of carbonyl (C=O) groups excluding carboxylic acids is 2. The lowest BCUT2D eigenvalue weighted by Crippen LogP contribution is -2.64. The Morgan fingerprint density at radius 1 is 0.600 bits per heavy atom. The number of aliphatic hydroxyl groups is 5. The molecule has 10 atom stereocenters. The van der Waals surface area contributed by atoms with E-state index in [9.17, 15) is 44.6 Å². The molecule has 346 valence electrons. The minimum atomic E-state index is -5.14. The van der Waals surface area contributed by atoms with Gasteiger partial charge in [-0.1, -0.05) is 114 Å². The molecule has 0 aromatic heterocycles. The van der Waals surface area contributed by atoms with Crippen LogP contribution in [0.15, 0.2) is 48.6 Å². The van der Waals surface area contributed by atoms with Gasteiger partial charge in [-0.3, -0.25) is 18.6 Å². The van der Waals surface area contributed by atoms with Gasteiger partial charge in [0, 0.05) is 12.8 Å². The Balaban J connectivity index is 1.74. The molecule has 15 heteroatoms. The van der Waals surface area contributed by atoms with Crippen molar-refractivity contribution in [1.29, 1.82) is 0 Å². The molecule has 6 N–H and O–H groups in total. The van der Waals surface area contributed by atoms with Crippen LogP contribution in [0.1, 0.15) is 155 Å². The third-order valence-electron chi connectivity index (χ3n) is 10.6. The van der Waals surface area contributed by atoms with Crippen molar-refractivity contribution >= 4 is 19.8 Å². The highest BCUT2D eigenvalue weighted by Crippen LogP contribution is 2.47. The third kappa shape index (κ3) is 24.4. The highest BCUT2D eigenvalue weighted by Gasteiger charge is 2.51. The van der Waals surface area contributed by atoms with E-state index in [1.54, 1.807) is 0 Å². The zero-order valence-electron chi connectivity index (χ0n) is 36.2. The first-order valence-corrected chi connectivity index (χ1v) is 24.1. The molecule has 5 unspecified atom stereocenters. The van der Waals surface area contributed by atoms with E-state index in [1.807, 2.05) is 0 Å². The summed E-state index contributed by atoms with van der Waals surface area (Å²) in [7, 11) is -5.14. The van der Waals surface area contributed by atoms with Crippen molar-refractivity contribution in [3.05, 3.63) is 48.6 Å². The number of phosphoric acid groups is 1. The number of ether oxygens (including phenoxy) is 3. The summed E-state index contributed by atoms with van der Waals surface area (Å²) in [5.74, 6) is -1.17. The van der Waals surface area contributed by atoms with Gasteiger partial charge in [0.25, 0.3) is 0 Å². The Morgan fingerprint density at radius 2 is 1.10 bits per heavy atom. The summed E-state index contributed by atoms with van der Waals surface area (Å²) >= 11 is 0. The first kappa shape index (κ1) is 53.9. The molecular formula is C45H77O14P. The summed E-state index contributed by atoms with van der Waals surface area (Å²) in [4.78, 5) is 35.7. The lowest BCUT2D eigenvalue weighted by Gasteiger charge is -2.41. The van der Waals surface area contributed by atoms with Gasteiger partial charge in [-0.2, -0.15) is 0 Å². The second-order valence-corrected chi connectivity index (χ2v) is 17.3. The predicted octanol–water partition coefficient (Wildman–Crippen LogP) is 7.38. The minimum Gasteiger partial charge on any atom is -0.462 e. The van der Waals surface area contributed by atoms with E-state index < -0.39 is 75.7 Å². The second-order valence-electron chi connectivity index (χ2n) is 15.9. The molecular weight excluding hydrogens is 795 g/mol. The first-order valence-electron chi connectivity index (χ1n) is 22.6. The van der Waals surface area contributed by atoms with E-state index in [1.165, 1.54) is 38.5 Å². The normalized spacial score (nSPS) is 26.0. The molecule has 1 saturated heterocycles. The highest BCUT2D eigenvalue weighted by atomic mass is 31.2. The van der Waals surface area contributed by atoms with Gasteiger partial charge in [-0.05, 0) is 77.0 Å². The fourth-order valence-electron chi connectivity index (χ4n) is 6.77. The number of unbranched alkanes of at least 4 members (excludes halogenated alkanes) is 12. The molecule has 0 aromatic carbocycles. The number of hydrogen-bond donors (Lipinski definition) is 6. The molecule has 0 radical (unpaired) electrons. The molecule has 0 aromatic rings. The third-order valence-corrected chi connectivity index (χ3v) is 11.6. The minimum absolute atomic E-state index is 0.0406. The van der Waals surface area contributed by atoms with Crippen LogP contribution in [0.25, 0.3) is 0 Å². The number of carbonyl (C=O) groups is 2. The van der Waals surface area contributed by atoms with Crippen LogP contribution in [0, 0.1) is 0 Å². The molecule has 1 saturated carbocycles. The predicted molar refractivity (Wildman–Crippen MR) is 230 cm³/mol. The summed E-state index contributed by atoms with van der Waals surface area (Å²) in [5.41, 5.74) is 0. The standard InChI is InChI=1S/C45H77O14P/c1-3-5-7-8-9-10-11-12-13-14-15-16-21-24-28-32-39(47)57-35(34-56-60(53,54)59-45-43(51)41(49)40(48)42(50)44(45)52)33-55-38(46)31-27-23-20-18-17-19-22-26-30-37-36(58-37)29-25-6-4-2/h9-10,12-13,15-16,22,26,35-37,40-45,48-52H,3-8,11,14,17-21,23-25,27-34H2,1-2H3,(H,53,54)/b10-9-,13-12-,16-15-,26-22-/t35-,36?,37?,40?,41-,42+,43-,44-,45?/m1/s1. The molecule has 60 heavy (non-hydrogen) atoms. The second kappa shape index (κ2) is 32.4. The molecule has 1 heterocycles. The maximum atomic E-state index is 12.8. The Hall–Kier alpha value is -2.23. The fraction of sp³-hybridized carbons (Fsp3) is 0.778. The van der Waals surface area contributed by atoms with Crippen molar-refractivity contribution in [2.24, 2.45) is 0 Å². The molecule has 1 aliphatic heterocycles. The maximum absolute atomic E-state index is 12.8. The van der Waals surface area contributed by atoms with Crippen LogP contribution in [0.5, 0.6) is 0 Å². The summed E-state index contributed by atoms with van der Waals surface area (Å²) < 4.78 is 39.2. The van der Waals surface area contributed by atoms with Crippen molar-refractivity contribution in [3.63, 3.8) is 0 Å². The Bertz CT molecular complexity index is 1300. The van der Waals surface area contributed by atoms with Gasteiger partial charge in [0.05, 0.1) is 18.8 Å². The molecule has 2 aliphatic rings. The van der Waals surface area contributed by atoms with Crippen molar-refractivity contribution < 1.29 is 67.8 Å². The number of esters is 2. The van der Waals surface area contributed by atoms with E-state index in [-0.39, 0.29) is 12.8 Å². The van der Waals surface area contributed by atoms with Gasteiger partial charge in [0.1, 0.15) is 43.2 Å². The van der Waals surface area contributed by atoms with Crippen molar-refractivity contribution in [2.75, 3.05) is 13.2 Å². The summed E-state index contributed by atoms with van der Waals surface area (Å²) in [6, 6.07) is 0. The van der Waals surface area contributed by atoms with Gasteiger partial charge in [-0.15, -0.1) is 0 Å². The van der Waals surface area contributed by atoms with Crippen LogP contribution in [-0.4, -0.2) is 111 Å². The van der Waals surface area contributed by atoms with Gasteiger partial charge in [0.2, 0.25) is 0 Å². The monoisotopic (exact) mass is 873 g/mol. The molecule has 2 fully saturated rings. The van der Waals surface area contributed by atoms with E-state index in [4.69, 9.17) is 23.3 Å². The van der Waals surface area contributed by atoms with E-state index in [2.05, 4.69) is 62.5 Å². The lowest BCUT2D eigenvalue weighted by atomic mass is 9.85. The fourth-order valence-corrected chi connectivity index (χ4v) is 7.74. The van der Waals surface area contributed by atoms with Crippen molar-refractivity contribution in [1.82, 2.24) is 0 Å². The number of epoxide rings is 1. The van der Waals surface area contributed by atoms with Crippen molar-refractivity contribution in [3.8, 4) is 0 Å². The summed E-state index contributed by atoms with van der Waals surface area (Å²) in [6.07, 6.45) is 24.8. The summed E-state index contributed by atoms with van der Waals surface area (Å²) in [6.45, 7) is 3.18. The van der Waals surface area contributed by atoms with Gasteiger partial charge in [0.15, 0.2) is 6.10 Å². The Kier molecular flexibility index (Phi) is 29.1. The topological polar surface area (TPSA) is 222 Å². The van der Waals surface area contributed by atoms with Crippen LogP contribution in [0.2, 0.25) is 0 Å². The average Bonchev–Trinajstić information content (AvgIpc) is 3.98. The molecule has 2 rings (SSSR count). The lowest BCUT2D eigenvalue weighted by molar-refractivity contribution is -0.220. The zero-order chi connectivity index (χ0) is 44.0. The number of rotatable bonds is 35. The zero-order valence-corrected chi connectivity index (χ0v) is 37.1. The van der Waals surface area contributed by atoms with E-state index >= 15 is 0 Å². The average molecular weight is 873 g/mol. The summed E-state index contributed by atoms with van der Waals surface area (Å²) in [5, 5.41) is 50.1. The smallest absolute Gasteiger partial charge is 0.462 e. The molecule has 0 spiro atoms. The molecule has 1 aliphatic carbocycles. The van der Waals surface area contributed by atoms with E-state index in [0.29, 0.717) is 25.0 Å². The molecule has 0 amide bonds.